The molecule has 3 rings (SSSR count). The summed E-state index contributed by atoms with van der Waals surface area (Å²) < 4.78 is 1.20. The number of hydrogen-bond donors (Lipinski definition) is 1. The molecule has 4 nitrogen and oxygen atoms in total. The van der Waals surface area contributed by atoms with Crippen LogP contribution in [0.5, 0.6) is 0 Å². The van der Waals surface area contributed by atoms with Crippen molar-refractivity contribution >= 4 is 33.2 Å². The van der Waals surface area contributed by atoms with E-state index in [1.807, 2.05) is 12.1 Å². The lowest BCUT2D eigenvalue weighted by Gasteiger charge is -2.41. The molecule has 1 N–H and O–H groups in total. The van der Waals surface area contributed by atoms with Crippen molar-refractivity contribution in [1.82, 2.24) is 10.2 Å². The Morgan fingerprint density at radius 1 is 1.29 bits per heavy atom. The highest BCUT2D eigenvalue weighted by Crippen LogP contribution is 2.29. The van der Waals surface area contributed by atoms with E-state index in [4.69, 9.17) is 0 Å². The predicted octanol–water partition coefficient (Wildman–Crippen LogP) is 2.53. The van der Waals surface area contributed by atoms with Crippen LogP contribution in [0.15, 0.2) is 29.6 Å². The highest BCUT2D eigenvalue weighted by molar-refractivity contribution is 7.17. The maximum atomic E-state index is 12.6. The van der Waals surface area contributed by atoms with E-state index in [2.05, 4.69) is 22.8 Å². The molecule has 0 saturated carbocycles. The first-order chi connectivity index (χ1) is 9.90. The Kier molecular flexibility index (Phi) is 3.24. The fourth-order valence-corrected chi connectivity index (χ4v) is 3.64. The SMILES string of the molecule is CC1C(=O)NC(C)(C)C(=O)N1Cc1csc2ccccc12. The highest BCUT2D eigenvalue weighted by atomic mass is 32.1. The van der Waals surface area contributed by atoms with E-state index in [0.717, 1.165) is 10.9 Å². The zero-order valence-corrected chi connectivity index (χ0v) is 13.2. The first-order valence-electron chi connectivity index (χ1n) is 6.98. The normalized spacial score (nSPS) is 21.7. The largest absolute Gasteiger partial charge is 0.340 e. The van der Waals surface area contributed by atoms with E-state index in [0.29, 0.717) is 6.54 Å². The van der Waals surface area contributed by atoms with Crippen molar-refractivity contribution < 1.29 is 9.59 Å². The molecular formula is C16H18N2O2S. The van der Waals surface area contributed by atoms with Gasteiger partial charge in [-0.05, 0) is 43.2 Å². The number of amides is 2. The van der Waals surface area contributed by atoms with Crippen molar-refractivity contribution in [3.8, 4) is 0 Å². The van der Waals surface area contributed by atoms with E-state index in [9.17, 15) is 9.59 Å². The van der Waals surface area contributed by atoms with Crippen molar-refractivity contribution in [1.29, 1.82) is 0 Å². The van der Waals surface area contributed by atoms with Crippen LogP contribution in [0.25, 0.3) is 10.1 Å². The molecule has 5 heteroatoms. The van der Waals surface area contributed by atoms with E-state index < -0.39 is 11.6 Å². The number of hydrogen-bond acceptors (Lipinski definition) is 3. The lowest BCUT2D eigenvalue weighted by molar-refractivity contribution is -0.153. The Morgan fingerprint density at radius 3 is 2.76 bits per heavy atom. The van der Waals surface area contributed by atoms with Gasteiger partial charge in [-0.3, -0.25) is 9.59 Å². The summed E-state index contributed by atoms with van der Waals surface area (Å²) in [5, 5.41) is 6.01. The van der Waals surface area contributed by atoms with Gasteiger partial charge in [0.05, 0.1) is 0 Å². The number of carbonyl (C=O) groups is 2. The summed E-state index contributed by atoms with van der Waals surface area (Å²) in [6.45, 7) is 5.74. The van der Waals surface area contributed by atoms with Gasteiger partial charge in [-0.25, -0.2) is 0 Å². The number of benzene rings is 1. The Hall–Kier alpha value is -1.88. The van der Waals surface area contributed by atoms with Gasteiger partial charge < -0.3 is 10.2 Å². The quantitative estimate of drug-likeness (QED) is 0.927. The Morgan fingerprint density at radius 2 is 2.00 bits per heavy atom. The molecule has 1 aliphatic rings. The predicted molar refractivity (Wildman–Crippen MR) is 84.1 cm³/mol. The number of piperazine rings is 1. The summed E-state index contributed by atoms with van der Waals surface area (Å²) in [6, 6.07) is 7.70. The Labute approximate surface area is 127 Å². The smallest absolute Gasteiger partial charge is 0.248 e. The number of nitrogens with one attached hydrogen (secondary N) is 1. The van der Waals surface area contributed by atoms with Crippen molar-refractivity contribution in [3.05, 3.63) is 35.2 Å². The summed E-state index contributed by atoms with van der Waals surface area (Å²) in [6.07, 6.45) is 0. The van der Waals surface area contributed by atoms with E-state index in [1.165, 1.54) is 4.70 Å². The lowest BCUT2D eigenvalue weighted by Crippen LogP contribution is -2.66. The third kappa shape index (κ3) is 2.31. The topological polar surface area (TPSA) is 49.4 Å². The zero-order chi connectivity index (χ0) is 15.2. The van der Waals surface area contributed by atoms with Gasteiger partial charge in [-0.15, -0.1) is 11.3 Å². The molecule has 1 fully saturated rings. The van der Waals surface area contributed by atoms with Crippen LogP contribution in [0.1, 0.15) is 26.3 Å². The number of carbonyl (C=O) groups excluding carboxylic acids is 2. The first kappa shape index (κ1) is 14.1. The number of rotatable bonds is 2. The van der Waals surface area contributed by atoms with Crippen molar-refractivity contribution in [2.75, 3.05) is 0 Å². The van der Waals surface area contributed by atoms with Crippen LogP contribution in [0.4, 0.5) is 0 Å². The molecule has 1 saturated heterocycles. The molecule has 1 aromatic carbocycles. The van der Waals surface area contributed by atoms with Crippen LogP contribution in [0.3, 0.4) is 0 Å². The minimum atomic E-state index is -0.838. The monoisotopic (exact) mass is 302 g/mol. The van der Waals surface area contributed by atoms with Gasteiger partial charge in [0.1, 0.15) is 11.6 Å². The molecule has 0 spiro atoms. The second-order valence-corrected chi connectivity index (χ2v) is 6.89. The van der Waals surface area contributed by atoms with Gasteiger partial charge in [0.25, 0.3) is 0 Å². The average Bonchev–Trinajstić information content (AvgIpc) is 2.84. The van der Waals surface area contributed by atoms with Gasteiger partial charge >= 0.3 is 0 Å². The van der Waals surface area contributed by atoms with Crippen LogP contribution in [0.2, 0.25) is 0 Å². The molecule has 0 bridgehead atoms. The molecule has 1 aromatic heterocycles. The molecule has 1 aliphatic heterocycles. The molecular weight excluding hydrogens is 284 g/mol. The van der Waals surface area contributed by atoms with Crippen molar-refractivity contribution in [2.24, 2.45) is 0 Å². The first-order valence-corrected chi connectivity index (χ1v) is 7.86. The number of thiophene rings is 1. The minimum absolute atomic E-state index is 0.0371. The van der Waals surface area contributed by atoms with Crippen molar-refractivity contribution in [2.45, 2.75) is 38.9 Å². The second kappa shape index (κ2) is 4.84. The fourth-order valence-electron chi connectivity index (χ4n) is 2.69. The summed E-state index contributed by atoms with van der Waals surface area (Å²) in [5.74, 6) is -0.135. The van der Waals surface area contributed by atoms with Gasteiger partial charge in [-0.2, -0.15) is 0 Å². The molecule has 0 aliphatic carbocycles. The van der Waals surface area contributed by atoms with Crippen LogP contribution in [0, 0.1) is 0 Å². The van der Waals surface area contributed by atoms with E-state index >= 15 is 0 Å². The van der Waals surface area contributed by atoms with Crippen LogP contribution in [-0.4, -0.2) is 28.3 Å². The zero-order valence-electron chi connectivity index (χ0n) is 12.3. The lowest BCUT2D eigenvalue weighted by atomic mass is 9.96. The molecule has 2 aromatic rings. The number of fused-ring (bicyclic) bond motifs is 1. The highest BCUT2D eigenvalue weighted by Gasteiger charge is 2.43. The minimum Gasteiger partial charge on any atom is -0.340 e. The fraction of sp³-hybridized carbons (Fsp3) is 0.375. The maximum Gasteiger partial charge on any atom is 0.248 e. The van der Waals surface area contributed by atoms with Crippen LogP contribution in [-0.2, 0) is 16.1 Å². The standard InChI is InChI=1S/C16H18N2O2S/c1-10-14(19)17-16(2,3)15(20)18(10)8-11-9-21-13-7-5-4-6-12(11)13/h4-7,9-10H,8H2,1-3H3,(H,17,19). The third-order valence-corrected chi connectivity index (χ3v) is 4.99. The summed E-state index contributed by atoms with van der Waals surface area (Å²) in [7, 11) is 0. The summed E-state index contributed by atoms with van der Waals surface area (Å²) in [4.78, 5) is 26.3. The summed E-state index contributed by atoms with van der Waals surface area (Å²) in [5.41, 5.74) is 0.261. The van der Waals surface area contributed by atoms with E-state index in [1.54, 1.807) is 37.0 Å². The van der Waals surface area contributed by atoms with Crippen LogP contribution >= 0.6 is 11.3 Å². The van der Waals surface area contributed by atoms with Gasteiger partial charge in [0, 0.05) is 11.2 Å². The van der Waals surface area contributed by atoms with Gasteiger partial charge in [-0.1, -0.05) is 18.2 Å². The van der Waals surface area contributed by atoms with Crippen LogP contribution < -0.4 is 5.32 Å². The molecule has 2 amide bonds. The van der Waals surface area contributed by atoms with Crippen molar-refractivity contribution in [3.63, 3.8) is 0 Å². The summed E-state index contributed by atoms with van der Waals surface area (Å²) >= 11 is 1.67. The third-order valence-electron chi connectivity index (χ3n) is 3.98. The number of nitrogens with zero attached hydrogens (tertiary/aromatic N) is 1. The molecule has 1 unspecified atom stereocenters. The Balaban J connectivity index is 1.95. The molecule has 0 radical (unpaired) electrons. The molecule has 2 heterocycles. The molecule has 21 heavy (non-hydrogen) atoms. The Bertz CT molecular complexity index is 720. The van der Waals surface area contributed by atoms with E-state index in [-0.39, 0.29) is 11.8 Å². The molecule has 110 valence electrons. The maximum absolute atomic E-state index is 12.6. The van der Waals surface area contributed by atoms with Gasteiger partial charge in [0.15, 0.2) is 0 Å². The second-order valence-electron chi connectivity index (χ2n) is 5.98. The molecule has 1 atom stereocenters. The van der Waals surface area contributed by atoms with Gasteiger partial charge in [0.2, 0.25) is 11.8 Å². The average molecular weight is 302 g/mol.